The molecule has 3 aliphatic carbocycles. The normalized spacial score (nSPS) is 27.3. The molecule has 1 aromatic rings. The molecular formula is C18H19F3N2O3. The lowest BCUT2D eigenvalue weighted by molar-refractivity contribution is -0.153. The van der Waals surface area contributed by atoms with E-state index in [1.54, 1.807) is 0 Å². The molecule has 8 heteroatoms. The smallest absolute Gasteiger partial charge is 0.422 e. The van der Waals surface area contributed by atoms with E-state index in [9.17, 15) is 23.1 Å². The van der Waals surface area contributed by atoms with Crippen LogP contribution in [0.25, 0.3) is 0 Å². The summed E-state index contributed by atoms with van der Waals surface area (Å²) in [6, 6.07) is 1.29. The monoisotopic (exact) mass is 368 g/mol. The number of fused-ring (bicyclic) bond motifs is 1. The van der Waals surface area contributed by atoms with Gasteiger partial charge in [-0.05, 0) is 37.7 Å². The molecule has 3 aliphatic rings. The topological polar surface area (TPSA) is 71.5 Å². The molecule has 0 saturated heterocycles. The minimum absolute atomic E-state index is 0.0152. The van der Waals surface area contributed by atoms with Gasteiger partial charge in [0.1, 0.15) is 11.4 Å². The van der Waals surface area contributed by atoms with Crippen molar-refractivity contribution in [1.82, 2.24) is 10.3 Å². The van der Waals surface area contributed by atoms with E-state index in [1.807, 2.05) is 6.92 Å². The summed E-state index contributed by atoms with van der Waals surface area (Å²) in [4.78, 5) is 16.7. The van der Waals surface area contributed by atoms with Crippen LogP contribution in [0.5, 0.6) is 5.75 Å². The zero-order chi connectivity index (χ0) is 18.7. The van der Waals surface area contributed by atoms with Crippen molar-refractivity contribution in [2.75, 3.05) is 6.61 Å². The van der Waals surface area contributed by atoms with E-state index < -0.39 is 24.2 Å². The van der Waals surface area contributed by atoms with Gasteiger partial charge in [-0.3, -0.25) is 9.78 Å². The Bertz CT molecular complexity index is 801. The SMILES string of the molecule is CC1(NC(=O)c2cc(OCC(F)(F)F)c(C3CC3)cn2)CC(O)=C2CC21. The van der Waals surface area contributed by atoms with Crippen LogP contribution in [0.1, 0.15) is 54.6 Å². The summed E-state index contributed by atoms with van der Waals surface area (Å²) in [5.41, 5.74) is 1.02. The fourth-order valence-corrected chi connectivity index (χ4v) is 3.69. The fourth-order valence-electron chi connectivity index (χ4n) is 3.69. The van der Waals surface area contributed by atoms with E-state index in [4.69, 9.17) is 4.74 Å². The standard InChI is InChI=1S/C18H19F3N2O3/c1-17(6-14(24)10-4-12(10)17)23-16(25)13-5-15(26-8-18(19,20)21)11(7-22-13)9-2-3-9/h5,7,9,12,24H,2-4,6,8H2,1H3,(H,23,25). The molecule has 5 nitrogen and oxygen atoms in total. The zero-order valence-electron chi connectivity index (χ0n) is 14.2. The summed E-state index contributed by atoms with van der Waals surface area (Å²) in [6.45, 7) is 0.449. The molecular weight excluding hydrogens is 349 g/mol. The first kappa shape index (κ1) is 17.2. The molecule has 140 valence electrons. The number of hydrogen-bond acceptors (Lipinski definition) is 4. The number of hydrogen-bond donors (Lipinski definition) is 2. The molecule has 0 bridgehead atoms. The maximum Gasteiger partial charge on any atom is 0.422 e. The third kappa shape index (κ3) is 3.24. The predicted octanol–water partition coefficient (Wildman–Crippen LogP) is 3.62. The Hall–Kier alpha value is -2.25. The molecule has 0 radical (unpaired) electrons. The van der Waals surface area contributed by atoms with Crippen molar-refractivity contribution in [1.29, 1.82) is 0 Å². The number of amides is 1. The van der Waals surface area contributed by atoms with Crippen molar-refractivity contribution in [2.24, 2.45) is 5.92 Å². The van der Waals surface area contributed by atoms with Crippen LogP contribution in [0.3, 0.4) is 0 Å². The second kappa shape index (κ2) is 5.62. The highest BCUT2D eigenvalue weighted by molar-refractivity contribution is 5.93. The maximum absolute atomic E-state index is 12.6. The van der Waals surface area contributed by atoms with E-state index in [2.05, 4.69) is 10.3 Å². The van der Waals surface area contributed by atoms with E-state index in [0.717, 1.165) is 24.8 Å². The molecule has 2 saturated carbocycles. The highest BCUT2D eigenvalue weighted by Crippen LogP contribution is 2.55. The molecule has 2 fully saturated rings. The quantitative estimate of drug-likeness (QED) is 0.833. The summed E-state index contributed by atoms with van der Waals surface area (Å²) >= 11 is 0. The lowest BCUT2D eigenvalue weighted by Crippen LogP contribution is -2.47. The Kier molecular flexibility index (Phi) is 3.71. The van der Waals surface area contributed by atoms with Gasteiger partial charge in [-0.1, -0.05) is 0 Å². The minimum Gasteiger partial charge on any atom is -0.512 e. The molecule has 4 rings (SSSR count). The van der Waals surface area contributed by atoms with Crippen LogP contribution in [0.2, 0.25) is 0 Å². The second-order valence-electron chi connectivity index (χ2n) is 7.56. The third-order valence-corrected chi connectivity index (χ3v) is 5.29. The van der Waals surface area contributed by atoms with Gasteiger partial charge in [-0.25, -0.2) is 0 Å². The van der Waals surface area contributed by atoms with Crippen LogP contribution in [0.4, 0.5) is 13.2 Å². The first-order valence-electron chi connectivity index (χ1n) is 8.59. The van der Waals surface area contributed by atoms with Crippen LogP contribution in [0, 0.1) is 5.92 Å². The van der Waals surface area contributed by atoms with Gasteiger partial charge in [-0.15, -0.1) is 0 Å². The van der Waals surface area contributed by atoms with Crippen molar-refractivity contribution in [3.8, 4) is 5.75 Å². The Labute approximate surface area is 148 Å². The lowest BCUT2D eigenvalue weighted by Gasteiger charge is -2.27. The molecule has 2 atom stereocenters. The highest BCUT2D eigenvalue weighted by Gasteiger charge is 2.54. The zero-order valence-corrected chi connectivity index (χ0v) is 14.2. The summed E-state index contributed by atoms with van der Waals surface area (Å²) in [5.74, 6) is 0.176. The number of nitrogens with zero attached hydrogens (tertiary/aromatic N) is 1. The number of halogens is 3. The highest BCUT2D eigenvalue weighted by atomic mass is 19.4. The Morgan fingerprint density at radius 1 is 1.46 bits per heavy atom. The van der Waals surface area contributed by atoms with Gasteiger partial charge in [0.2, 0.25) is 0 Å². The van der Waals surface area contributed by atoms with Crippen molar-refractivity contribution < 1.29 is 27.8 Å². The number of aromatic nitrogens is 1. The first-order valence-corrected chi connectivity index (χ1v) is 8.59. The molecule has 2 N–H and O–H groups in total. The number of carbonyl (C=O) groups excluding carboxylic acids is 1. The van der Waals surface area contributed by atoms with Gasteiger partial charge in [0, 0.05) is 30.2 Å². The number of aliphatic hydroxyl groups is 1. The van der Waals surface area contributed by atoms with Crippen LogP contribution >= 0.6 is 0 Å². The van der Waals surface area contributed by atoms with Gasteiger partial charge >= 0.3 is 6.18 Å². The van der Waals surface area contributed by atoms with Crippen molar-refractivity contribution >= 4 is 5.91 Å². The number of carbonyl (C=O) groups is 1. The van der Waals surface area contributed by atoms with Gasteiger partial charge in [0.25, 0.3) is 5.91 Å². The number of alkyl halides is 3. The largest absolute Gasteiger partial charge is 0.512 e. The van der Waals surface area contributed by atoms with Crippen LogP contribution in [-0.2, 0) is 0 Å². The molecule has 1 amide bonds. The Balaban J connectivity index is 1.52. The second-order valence-corrected chi connectivity index (χ2v) is 7.56. The molecule has 0 aromatic carbocycles. The predicted molar refractivity (Wildman–Crippen MR) is 86.0 cm³/mol. The minimum atomic E-state index is -4.45. The number of ether oxygens (including phenoxy) is 1. The van der Waals surface area contributed by atoms with Gasteiger partial charge < -0.3 is 15.2 Å². The molecule has 1 heterocycles. The molecule has 1 aromatic heterocycles. The van der Waals surface area contributed by atoms with Crippen LogP contribution < -0.4 is 10.1 Å². The van der Waals surface area contributed by atoms with Crippen LogP contribution in [0.15, 0.2) is 23.6 Å². The van der Waals surface area contributed by atoms with Crippen molar-refractivity contribution in [3.05, 3.63) is 34.9 Å². The third-order valence-electron chi connectivity index (χ3n) is 5.29. The summed E-state index contributed by atoms with van der Waals surface area (Å²) in [6.07, 6.45) is -0.137. The number of pyridine rings is 1. The van der Waals surface area contributed by atoms with Crippen molar-refractivity contribution in [2.45, 2.75) is 50.2 Å². The molecule has 2 unspecified atom stereocenters. The Morgan fingerprint density at radius 2 is 2.19 bits per heavy atom. The summed E-state index contributed by atoms with van der Waals surface area (Å²) < 4.78 is 42.5. The van der Waals surface area contributed by atoms with Gasteiger partial charge in [0.05, 0.1) is 11.3 Å². The average molecular weight is 368 g/mol. The lowest BCUT2D eigenvalue weighted by atomic mass is 9.94. The van der Waals surface area contributed by atoms with E-state index in [-0.39, 0.29) is 23.3 Å². The van der Waals surface area contributed by atoms with E-state index >= 15 is 0 Å². The van der Waals surface area contributed by atoms with E-state index in [1.165, 1.54) is 12.3 Å². The van der Waals surface area contributed by atoms with Crippen molar-refractivity contribution in [3.63, 3.8) is 0 Å². The number of aliphatic hydroxyl groups excluding tert-OH is 1. The Morgan fingerprint density at radius 3 is 2.73 bits per heavy atom. The van der Waals surface area contributed by atoms with Gasteiger partial charge in [-0.2, -0.15) is 13.2 Å². The fraction of sp³-hybridized carbons (Fsp3) is 0.556. The van der Waals surface area contributed by atoms with Gasteiger partial charge in [0.15, 0.2) is 6.61 Å². The van der Waals surface area contributed by atoms with E-state index in [0.29, 0.717) is 17.7 Å². The molecule has 0 spiro atoms. The molecule has 26 heavy (non-hydrogen) atoms. The first-order chi connectivity index (χ1) is 12.2. The summed E-state index contributed by atoms with van der Waals surface area (Å²) in [5, 5.41) is 12.7. The maximum atomic E-state index is 12.6. The van der Waals surface area contributed by atoms with Crippen LogP contribution in [-0.4, -0.2) is 34.3 Å². The average Bonchev–Trinajstić information content (AvgIpc) is 3.44. The molecule has 0 aliphatic heterocycles. The number of rotatable bonds is 5. The number of nitrogens with one attached hydrogen (secondary N) is 1. The summed E-state index contributed by atoms with van der Waals surface area (Å²) in [7, 11) is 0.